The van der Waals surface area contributed by atoms with E-state index in [4.69, 9.17) is 9.47 Å². The quantitative estimate of drug-likeness (QED) is 0.458. The third kappa shape index (κ3) is 4.96. The standard InChI is InChI=1S/C25H35FO2S/c1-3-17-5-7-18(8-6-17)16-28-21-12-9-19(10-13-21)23-15-20-11-14-22(27-4-2)24(26)25(20)29-23/h11,14-15,17-19,21H,3-10,12-13,16H2,1-2H3. The molecule has 0 atom stereocenters. The van der Waals surface area contributed by atoms with E-state index in [0.717, 1.165) is 54.2 Å². The average molecular weight is 419 g/mol. The molecule has 0 aliphatic heterocycles. The predicted molar refractivity (Wildman–Crippen MR) is 120 cm³/mol. The summed E-state index contributed by atoms with van der Waals surface area (Å²) in [7, 11) is 0. The molecule has 1 heterocycles. The molecule has 1 aromatic heterocycles. The second kappa shape index (κ2) is 9.78. The Morgan fingerprint density at radius 1 is 0.966 bits per heavy atom. The van der Waals surface area contributed by atoms with E-state index in [-0.39, 0.29) is 5.82 Å². The first-order valence-electron chi connectivity index (χ1n) is 11.6. The van der Waals surface area contributed by atoms with Crippen LogP contribution in [0.2, 0.25) is 0 Å². The molecule has 2 aliphatic carbocycles. The smallest absolute Gasteiger partial charge is 0.182 e. The van der Waals surface area contributed by atoms with Gasteiger partial charge in [-0.25, -0.2) is 4.39 Å². The molecule has 0 amide bonds. The van der Waals surface area contributed by atoms with E-state index in [1.807, 2.05) is 13.0 Å². The molecule has 2 saturated carbocycles. The first-order valence-corrected chi connectivity index (χ1v) is 12.5. The van der Waals surface area contributed by atoms with E-state index in [1.165, 1.54) is 37.0 Å². The molecule has 2 aromatic rings. The Morgan fingerprint density at radius 3 is 2.38 bits per heavy atom. The molecule has 0 unspecified atom stereocenters. The van der Waals surface area contributed by atoms with Crippen LogP contribution in [0, 0.1) is 17.7 Å². The lowest BCUT2D eigenvalue weighted by molar-refractivity contribution is -0.00448. The first-order chi connectivity index (χ1) is 14.2. The Kier molecular flexibility index (Phi) is 7.12. The van der Waals surface area contributed by atoms with E-state index in [0.29, 0.717) is 24.4 Å². The molecular weight excluding hydrogens is 383 g/mol. The molecule has 2 nitrogen and oxygen atoms in total. The van der Waals surface area contributed by atoms with Crippen molar-refractivity contribution in [2.75, 3.05) is 13.2 Å². The highest BCUT2D eigenvalue weighted by Gasteiger charge is 2.27. The minimum absolute atomic E-state index is 0.199. The number of benzene rings is 1. The summed E-state index contributed by atoms with van der Waals surface area (Å²) in [5, 5.41) is 1.01. The summed E-state index contributed by atoms with van der Waals surface area (Å²) in [6.07, 6.45) is 11.8. The molecule has 29 heavy (non-hydrogen) atoms. The maximum Gasteiger partial charge on any atom is 0.182 e. The number of rotatable bonds is 7. The van der Waals surface area contributed by atoms with Crippen molar-refractivity contribution >= 4 is 21.4 Å². The van der Waals surface area contributed by atoms with Gasteiger partial charge in [0.15, 0.2) is 11.6 Å². The van der Waals surface area contributed by atoms with Gasteiger partial charge in [0.2, 0.25) is 0 Å². The van der Waals surface area contributed by atoms with E-state index < -0.39 is 0 Å². The summed E-state index contributed by atoms with van der Waals surface area (Å²) in [5.41, 5.74) is 0. The molecule has 160 valence electrons. The van der Waals surface area contributed by atoms with Crippen molar-refractivity contribution in [1.29, 1.82) is 0 Å². The fraction of sp³-hybridized carbons (Fsp3) is 0.680. The lowest BCUT2D eigenvalue weighted by atomic mass is 9.81. The molecule has 2 fully saturated rings. The molecule has 0 saturated heterocycles. The molecule has 0 spiro atoms. The second-order valence-electron chi connectivity index (χ2n) is 8.98. The van der Waals surface area contributed by atoms with Crippen molar-refractivity contribution in [1.82, 2.24) is 0 Å². The van der Waals surface area contributed by atoms with Gasteiger partial charge in [-0.1, -0.05) is 26.2 Å². The summed E-state index contributed by atoms with van der Waals surface area (Å²) in [5.74, 6) is 2.45. The Bertz CT molecular complexity index is 785. The van der Waals surface area contributed by atoms with E-state index >= 15 is 0 Å². The van der Waals surface area contributed by atoms with Crippen LogP contribution in [0.15, 0.2) is 18.2 Å². The third-order valence-corrected chi connectivity index (χ3v) is 8.40. The Morgan fingerprint density at radius 2 is 1.69 bits per heavy atom. The van der Waals surface area contributed by atoms with Crippen molar-refractivity contribution in [3.63, 3.8) is 0 Å². The average Bonchev–Trinajstić information content (AvgIpc) is 3.20. The van der Waals surface area contributed by atoms with Crippen molar-refractivity contribution in [3.05, 3.63) is 28.9 Å². The van der Waals surface area contributed by atoms with Gasteiger partial charge in [0, 0.05) is 11.5 Å². The van der Waals surface area contributed by atoms with Gasteiger partial charge < -0.3 is 9.47 Å². The zero-order valence-corrected chi connectivity index (χ0v) is 18.7. The summed E-state index contributed by atoms with van der Waals surface area (Å²) < 4.78 is 27.2. The number of fused-ring (bicyclic) bond motifs is 1. The summed E-state index contributed by atoms with van der Waals surface area (Å²) in [6.45, 7) is 5.66. The van der Waals surface area contributed by atoms with E-state index in [2.05, 4.69) is 13.0 Å². The normalized spacial score (nSPS) is 28.0. The summed E-state index contributed by atoms with van der Waals surface area (Å²) in [6, 6.07) is 5.94. The SMILES string of the molecule is CCOc1ccc2cc(C3CCC(OCC4CCC(CC)CC4)CC3)sc2c1F. The van der Waals surface area contributed by atoms with Crippen LogP contribution in [0.25, 0.3) is 10.1 Å². The zero-order chi connectivity index (χ0) is 20.2. The Labute approximate surface area is 178 Å². The highest BCUT2D eigenvalue weighted by molar-refractivity contribution is 7.19. The van der Waals surface area contributed by atoms with Crippen LogP contribution in [0.3, 0.4) is 0 Å². The van der Waals surface area contributed by atoms with E-state index in [1.54, 1.807) is 17.4 Å². The van der Waals surface area contributed by atoms with E-state index in [9.17, 15) is 4.39 Å². The van der Waals surface area contributed by atoms with Crippen molar-refractivity contribution in [3.8, 4) is 5.75 Å². The van der Waals surface area contributed by atoms with Gasteiger partial charge in [0.25, 0.3) is 0 Å². The van der Waals surface area contributed by atoms with Crippen molar-refractivity contribution in [2.24, 2.45) is 11.8 Å². The minimum atomic E-state index is -0.199. The summed E-state index contributed by atoms with van der Waals surface area (Å²) in [4.78, 5) is 1.32. The number of ether oxygens (including phenoxy) is 2. The first kappa shape index (κ1) is 21.1. The Hall–Kier alpha value is -1.13. The van der Waals surface area contributed by atoms with Crippen LogP contribution < -0.4 is 4.74 Å². The highest BCUT2D eigenvalue weighted by Crippen LogP contribution is 2.42. The van der Waals surface area contributed by atoms with Gasteiger partial charge >= 0.3 is 0 Å². The minimum Gasteiger partial charge on any atom is -0.491 e. The van der Waals surface area contributed by atoms with Gasteiger partial charge in [0.05, 0.1) is 17.4 Å². The van der Waals surface area contributed by atoms with Crippen LogP contribution in [-0.4, -0.2) is 19.3 Å². The fourth-order valence-electron chi connectivity index (χ4n) is 5.13. The molecule has 0 radical (unpaired) electrons. The van der Waals surface area contributed by atoms with Crippen LogP contribution >= 0.6 is 11.3 Å². The maximum absolute atomic E-state index is 14.7. The molecule has 0 N–H and O–H groups in total. The lowest BCUT2D eigenvalue weighted by Gasteiger charge is -2.31. The van der Waals surface area contributed by atoms with Gasteiger partial charge in [0.1, 0.15) is 0 Å². The number of hydrogen-bond donors (Lipinski definition) is 0. The number of hydrogen-bond acceptors (Lipinski definition) is 3. The van der Waals surface area contributed by atoms with Crippen molar-refractivity contribution in [2.45, 2.75) is 83.7 Å². The molecule has 4 heteroatoms. The van der Waals surface area contributed by atoms with Crippen LogP contribution in [0.4, 0.5) is 4.39 Å². The van der Waals surface area contributed by atoms with Gasteiger partial charge in [-0.3, -0.25) is 0 Å². The molecule has 0 bridgehead atoms. The van der Waals surface area contributed by atoms with Crippen LogP contribution in [0.5, 0.6) is 5.75 Å². The number of halogens is 1. The van der Waals surface area contributed by atoms with Crippen LogP contribution in [-0.2, 0) is 4.74 Å². The molecule has 2 aliphatic rings. The van der Waals surface area contributed by atoms with Crippen LogP contribution in [0.1, 0.15) is 82.4 Å². The zero-order valence-electron chi connectivity index (χ0n) is 17.9. The lowest BCUT2D eigenvalue weighted by Crippen LogP contribution is -2.25. The maximum atomic E-state index is 14.7. The van der Waals surface area contributed by atoms with Gasteiger partial charge in [-0.2, -0.15) is 0 Å². The van der Waals surface area contributed by atoms with Gasteiger partial charge in [-0.15, -0.1) is 11.3 Å². The third-order valence-electron chi connectivity index (χ3n) is 7.10. The molecular formula is C25H35FO2S. The monoisotopic (exact) mass is 418 g/mol. The second-order valence-corrected chi connectivity index (χ2v) is 10.1. The van der Waals surface area contributed by atoms with Crippen molar-refractivity contribution < 1.29 is 13.9 Å². The van der Waals surface area contributed by atoms with Gasteiger partial charge in [-0.05, 0) is 86.8 Å². The Balaban J connectivity index is 1.29. The molecule has 1 aromatic carbocycles. The summed E-state index contributed by atoms with van der Waals surface area (Å²) >= 11 is 1.61. The predicted octanol–water partition coefficient (Wildman–Crippen LogP) is 7.70. The fourth-order valence-corrected chi connectivity index (χ4v) is 6.39. The topological polar surface area (TPSA) is 18.5 Å². The largest absolute Gasteiger partial charge is 0.491 e. The number of thiophene rings is 1. The molecule has 4 rings (SSSR count). The highest BCUT2D eigenvalue weighted by atomic mass is 32.1.